The van der Waals surface area contributed by atoms with Crippen LogP contribution in [-0.2, 0) is 0 Å². The lowest BCUT2D eigenvalue weighted by Crippen LogP contribution is -2.03. The lowest BCUT2D eigenvalue weighted by atomic mass is 10.0. The molecular formula is C64H78N4O8. The van der Waals surface area contributed by atoms with E-state index in [0.717, 1.165) is 159 Å². The van der Waals surface area contributed by atoms with Crippen LogP contribution in [0, 0.1) is 0 Å². The average molecular weight is 1030 g/mol. The number of hydrogen-bond acceptors (Lipinski definition) is 12. The van der Waals surface area contributed by atoms with Crippen LogP contribution in [0.15, 0.2) is 106 Å². The third kappa shape index (κ3) is 16.8. The van der Waals surface area contributed by atoms with Crippen LogP contribution in [0.5, 0.6) is 34.5 Å². The molecule has 0 aliphatic heterocycles. The first-order chi connectivity index (χ1) is 37.4. The number of benzene rings is 5. The Morgan fingerprint density at radius 1 is 0.355 bits per heavy atom. The van der Waals surface area contributed by atoms with Gasteiger partial charge in [-0.3, -0.25) is 0 Å². The van der Waals surface area contributed by atoms with Gasteiger partial charge in [-0.2, -0.15) is 0 Å². The number of nitrogens with zero attached hydrogens (tertiary/aromatic N) is 4. The van der Waals surface area contributed by atoms with Crippen LogP contribution >= 0.6 is 0 Å². The molecule has 0 aliphatic carbocycles. The van der Waals surface area contributed by atoms with E-state index in [1.807, 2.05) is 72.8 Å². The van der Waals surface area contributed by atoms with Crippen LogP contribution in [0.25, 0.3) is 70.1 Å². The summed E-state index contributed by atoms with van der Waals surface area (Å²) in [5, 5.41) is 17.8. The molecule has 0 radical (unpaired) electrons. The molecule has 7 rings (SSSR count). The van der Waals surface area contributed by atoms with Crippen LogP contribution in [0.1, 0.15) is 153 Å². The first kappa shape index (κ1) is 56.4. The summed E-state index contributed by atoms with van der Waals surface area (Å²) in [5.41, 5.74) is 6.84. The Morgan fingerprint density at radius 2 is 0.684 bits per heavy atom. The van der Waals surface area contributed by atoms with Crippen molar-refractivity contribution in [2.45, 2.75) is 130 Å². The zero-order valence-corrected chi connectivity index (χ0v) is 45.7. The monoisotopic (exact) mass is 1030 g/mol. The Balaban J connectivity index is 1.17. The predicted octanol–water partition coefficient (Wildman–Crippen LogP) is 17.3. The van der Waals surface area contributed by atoms with Gasteiger partial charge in [0.1, 0.15) is 34.5 Å². The van der Waals surface area contributed by atoms with Crippen molar-refractivity contribution in [3.05, 3.63) is 119 Å². The smallest absolute Gasteiger partial charge is 0.252 e. The van der Waals surface area contributed by atoms with E-state index in [1.165, 1.54) is 0 Å². The minimum absolute atomic E-state index is 0.364. The van der Waals surface area contributed by atoms with E-state index in [1.54, 1.807) is 14.2 Å². The second kappa shape index (κ2) is 30.9. The molecule has 0 saturated carbocycles. The highest BCUT2D eigenvalue weighted by atomic mass is 16.5. The molecule has 0 N–H and O–H groups in total. The summed E-state index contributed by atoms with van der Waals surface area (Å²) in [4.78, 5) is 0. The normalized spacial score (nSPS) is 11.4. The highest BCUT2D eigenvalue weighted by Crippen LogP contribution is 2.40. The third-order valence-electron chi connectivity index (χ3n) is 13.1. The van der Waals surface area contributed by atoms with Crippen molar-refractivity contribution in [3.63, 3.8) is 0 Å². The third-order valence-corrected chi connectivity index (χ3v) is 13.1. The summed E-state index contributed by atoms with van der Waals surface area (Å²) in [7, 11) is 3.29. The van der Waals surface area contributed by atoms with Crippen LogP contribution in [0.3, 0.4) is 0 Å². The van der Waals surface area contributed by atoms with E-state index in [-0.39, 0.29) is 0 Å². The Labute approximate surface area is 450 Å². The largest absolute Gasteiger partial charge is 0.497 e. The molecule has 2 heterocycles. The second-order valence-electron chi connectivity index (χ2n) is 19.0. The van der Waals surface area contributed by atoms with E-state index in [0.29, 0.717) is 72.6 Å². The summed E-state index contributed by atoms with van der Waals surface area (Å²) in [6.45, 7) is 11.2. The molecule has 0 bridgehead atoms. The number of unbranched alkanes of at least 4 members (excludes halogenated alkanes) is 12. The number of methoxy groups -OCH3 is 2. The Bertz CT molecular complexity index is 2660. The molecule has 0 fully saturated rings. The van der Waals surface area contributed by atoms with Gasteiger partial charge in [-0.15, -0.1) is 20.4 Å². The van der Waals surface area contributed by atoms with Crippen molar-refractivity contribution in [1.29, 1.82) is 0 Å². The molecule has 2 aromatic heterocycles. The fraction of sp³-hybridized carbons (Fsp3) is 0.406. The standard InChI is InChI=1S/C64H78N4O8/c1-7-11-15-19-39-71-57-45-55(63-67-65-61(75-63)49-31-35-53(69-5)36-32-49)59(73-41-21-17-13-9-3)43-51(57)29-27-47-23-25-48(26-24-47)28-30-52-44-60(74-42-22-18-14-10-4)56(46-58(52)72-40-20-16-12-8-2)64-68-66-62(76-64)50-33-37-54(70-6)38-34-50/h23-38,43-46H,7-22,39-42H2,1-6H3/b29-27+,30-28+. The van der Waals surface area contributed by atoms with Gasteiger partial charge in [-0.05, 0) is 110 Å². The van der Waals surface area contributed by atoms with Gasteiger partial charge in [0.25, 0.3) is 11.8 Å². The zero-order valence-electron chi connectivity index (χ0n) is 45.7. The van der Waals surface area contributed by atoms with E-state index in [4.69, 9.17) is 37.3 Å². The van der Waals surface area contributed by atoms with Crippen molar-refractivity contribution in [2.75, 3.05) is 40.6 Å². The molecule has 76 heavy (non-hydrogen) atoms. The van der Waals surface area contributed by atoms with Crippen LogP contribution < -0.4 is 28.4 Å². The van der Waals surface area contributed by atoms with Gasteiger partial charge in [0.2, 0.25) is 11.8 Å². The maximum Gasteiger partial charge on any atom is 0.252 e. The molecule has 0 aliphatic rings. The van der Waals surface area contributed by atoms with Gasteiger partial charge < -0.3 is 37.3 Å². The summed E-state index contributed by atoms with van der Waals surface area (Å²) >= 11 is 0. The SMILES string of the molecule is CCCCCCOc1cc(-c2nnc(-c3ccc(OC)cc3)o2)c(OCCCCCC)cc1/C=C/c1ccc(/C=C/c2cc(OCCCCCC)c(-c3nnc(-c4ccc(OC)cc4)o3)cc2OCCCCCC)cc1. The van der Waals surface area contributed by atoms with Crippen molar-refractivity contribution in [2.24, 2.45) is 0 Å². The van der Waals surface area contributed by atoms with Gasteiger partial charge in [0.15, 0.2) is 0 Å². The van der Waals surface area contributed by atoms with Gasteiger partial charge in [0, 0.05) is 22.3 Å². The molecule has 0 amide bonds. The van der Waals surface area contributed by atoms with Gasteiger partial charge in [-0.25, -0.2) is 0 Å². The van der Waals surface area contributed by atoms with Crippen molar-refractivity contribution >= 4 is 24.3 Å². The van der Waals surface area contributed by atoms with Crippen molar-refractivity contribution in [1.82, 2.24) is 20.4 Å². The summed E-state index contributed by atoms with van der Waals surface area (Å²) < 4.78 is 49.6. The minimum Gasteiger partial charge on any atom is -0.497 e. The lowest BCUT2D eigenvalue weighted by Gasteiger charge is -2.15. The highest BCUT2D eigenvalue weighted by molar-refractivity contribution is 5.80. The molecule has 12 nitrogen and oxygen atoms in total. The van der Waals surface area contributed by atoms with Crippen LogP contribution in [0.2, 0.25) is 0 Å². The van der Waals surface area contributed by atoms with Gasteiger partial charge >= 0.3 is 0 Å². The average Bonchev–Trinajstić information content (AvgIpc) is 4.17. The fourth-order valence-corrected chi connectivity index (χ4v) is 8.53. The van der Waals surface area contributed by atoms with Gasteiger partial charge in [0.05, 0.1) is 51.8 Å². The molecular weight excluding hydrogens is 953 g/mol. The quantitative estimate of drug-likeness (QED) is 0.0281. The Hall–Kier alpha value is -7.34. The summed E-state index contributed by atoms with van der Waals surface area (Å²) in [6, 6.07) is 31.7. The fourth-order valence-electron chi connectivity index (χ4n) is 8.53. The summed E-state index contributed by atoms with van der Waals surface area (Å²) in [5.74, 6) is 5.83. The first-order valence-electron chi connectivity index (χ1n) is 27.7. The number of ether oxygens (including phenoxy) is 6. The van der Waals surface area contributed by atoms with E-state index >= 15 is 0 Å². The molecule has 0 saturated heterocycles. The Morgan fingerprint density at radius 3 is 1.01 bits per heavy atom. The van der Waals surface area contributed by atoms with Crippen LogP contribution in [0.4, 0.5) is 0 Å². The second-order valence-corrected chi connectivity index (χ2v) is 19.0. The van der Waals surface area contributed by atoms with E-state index in [9.17, 15) is 0 Å². The molecule has 7 aromatic rings. The Kier molecular flexibility index (Phi) is 22.9. The minimum atomic E-state index is 0.364. The number of aromatic nitrogens is 4. The van der Waals surface area contributed by atoms with Crippen molar-refractivity contribution < 1.29 is 37.3 Å². The molecule has 0 spiro atoms. The first-order valence-corrected chi connectivity index (χ1v) is 27.7. The zero-order chi connectivity index (χ0) is 53.2. The number of hydrogen-bond donors (Lipinski definition) is 0. The maximum absolute atomic E-state index is 6.56. The van der Waals surface area contributed by atoms with Crippen LogP contribution in [-0.4, -0.2) is 61.0 Å². The predicted molar refractivity (Wildman–Crippen MR) is 306 cm³/mol. The highest BCUT2D eigenvalue weighted by Gasteiger charge is 2.21. The topological polar surface area (TPSA) is 133 Å². The van der Waals surface area contributed by atoms with Gasteiger partial charge in [-0.1, -0.05) is 153 Å². The van der Waals surface area contributed by atoms with E-state index in [2.05, 4.69) is 96.7 Å². The lowest BCUT2D eigenvalue weighted by molar-refractivity contribution is 0.297. The molecule has 5 aromatic carbocycles. The molecule has 402 valence electrons. The molecule has 0 unspecified atom stereocenters. The molecule has 12 heteroatoms. The molecule has 0 atom stereocenters. The van der Waals surface area contributed by atoms with Crippen molar-refractivity contribution in [3.8, 4) is 80.3 Å². The summed E-state index contributed by atoms with van der Waals surface area (Å²) in [6.07, 6.45) is 25.8. The van der Waals surface area contributed by atoms with E-state index < -0.39 is 0 Å². The number of rotatable bonds is 34. The maximum atomic E-state index is 6.56.